The number of hydrogen-bond acceptors (Lipinski definition) is 5. The summed E-state index contributed by atoms with van der Waals surface area (Å²) in [7, 11) is 1.62. The van der Waals surface area contributed by atoms with Crippen LogP contribution in [0.5, 0.6) is 0 Å². The highest BCUT2D eigenvalue weighted by atomic mass is 16.6. The van der Waals surface area contributed by atoms with Crippen LogP contribution in [0.25, 0.3) is 0 Å². The Morgan fingerprint density at radius 1 is 1.33 bits per heavy atom. The summed E-state index contributed by atoms with van der Waals surface area (Å²) in [5.74, 6) is -0.478. The van der Waals surface area contributed by atoms with E-state index in [2.05, 4.69) is 15.7 Å². The molecule has 0 radical (unpaired) electrons. The van der Waals surface area contributed by atoms with Gasteiger partial charge in [0.15, 0.2) is 5.69 Å². The topological polar surface area (TPSA) is 102 Å². The summed E-state index contributed by atoms with van der Waals surface area (Å²) in [6, 6.07) is 1.29. The zero-order valence-corrected chi connectivity index (χ0v) is 18.7. The highest BCUT2D eigenvalue weighted by molar-refractivity contribution is 5.97. The molecule has 1 aromatic heterocycles. The van der Waals surface area contributed by atoms with Crippen LogP contribution in [0.3, 0.4) is 0 Å². The Kier molecular flexibility index (Phi) is 5.80. The highest BCUT2D eigenvalue weighted by Crippen LogP contribution is 2.48. The SMILES string of the molecule is C/C=C(\C)C(=O)N[C@]12CC[C@H](C[C@@H]1NC(=O)c1cc(C(=O)OC(C)(C)C)nn1C)C2. The first-order valence-electron chi connectivity index (χ1n) is 10.5. The van der Waals surface area contributed by atoms with Gasteiger partial charge >= 0.3 is 5.97 Å². The Morgan fingerprint density at radius 2 is 2.03 bits per heavy atom. The van der Waals surface area contributed by atoms with Gasteiger partial charge in [0.1, 0.15) is 11.3 Å². The Morgan fingerprint density at radius 3 is 2.63 bits per heavy atom. The first-order valence-corrected chi connectivity index (χ1v) is 10.5. The van der Waals surface area contributed by atoms with Gasteiger partial charge in [-0.3, -0.25) is 14.3 Å². The number of hydrogen-bond donors (Lipinski definition) is 2. The normalized spacial score (nSPS) is 25.9. The maximum absolute atomic E-state index is 13.0. The molecule has 2 bridgehead atoms. The maximum Gasteiger partial charge on any atom is 0.359 e. The summed E-state index contributed by atoms with van der Waals surface area (Å²) >= 11 is 0. The number of aromatic nitrogens is 2. The van der Waals surface area contributed by atoms with E-state index in [9.17, 15) is 14.4 Å². The van der Waals surface area contributed by atoms with Crippen molar-refractivity contribution in [3.8, 4) is 0 Å². The summed E-state index contributed by atoms with van der Waals surface area (Å²) in [5, 5.41) is 10.4. The zero-order valence-electron chi connectivity index (χ0n) is 18.7. The lowest BCUT2D eigenvalue weighted by Crippen LogP contribution is -2.59. The molecule has 8 heteroatoms. The lowest BCUT2D eigenvalue weighted by molar-refractivity contribution is -0.119. The van der Waals surface area contributed by atoms with Crippen molar-refractivity contribution in [3.05, 3.63) is 29.1 Å². The molecule has 2 amide bonds. The summed E-state index contributed by atoms with van der Waals surface area (Å²) < 4.78 is 6.72. The molecule has 3 rings (SSSR count). The third kappa shape index (κ3) is 4.42. The molecular formula is C22H32N4O4. The van der Waals surface area contributed by atoms with E-state index in [0.717, 1.165) is 25.7 Å². The number of ether oxygens (including phenoxy) is 1. The van der Waals surface area contributed by atoms with Gasteiger partial charge in [0, 0.05) is 18.7 Å². The van der Waals surface area contributed by atoms with Crippen LogP contribution in [0.4, 0.5) is 0 Å². The van der Waals surface area contributed by atoms with Crippen molar-refractivity contribution in [2.45, 2.75) is 77.5 Å². The minimum absolute atomic E-state index is 0.0907. The Hall–Kier alpha value is -2.64. The molecule has 0 spiro atoms. The van der Waals surface area contributed by atoms with E-state index in [-0.39, 0.29) is 29.2 Å². The second-order valence-corrected chi connectivity index (χ2v) is 9.49. The van der Waals surface area contributed by atoms with Crippen molar-refractivity contribution in [2.75, 3.05) is 0 Å². The van der Waals surface area contributed by atoms with Crippen LogP contribution in [0.1, 0.15) is 81.3 Å². The minimum atomic E-state index is -0.643. The molecule has 3 atom stereocenters. The third-order valence-corrected chi connectivity index (χ3v) is 6.07. The van der Waals surface area contributed by atoms with Crippen LogP contribution in [0.2, 0.25) is 0 Å². The van der Waals surface area contributed by atoms with Crippen molar-refractivity contribution >= 4 is 17.8 Å². The summed E-state index contributed by atoms with van der Waals surface area (Å²) in [5.41, 5.74) is -0.0234. The molecule has 0 aromatic carbocycles. The molecule has 8 nitrogen and oxygen atoms in total. The highest BCUT2D eigenvalue weighted by Gasteiger charge is 2.53. The van der Waals surface area contributed by atoms with E-state index >= 15 is 0 Å². The molecule has 2 N–H and O–H groups in total. The van der Waals surface area contributed by atoms with Gasteiger partial charge in [-0.05, 0) is 66.2 Å². The van der Waals surface area contributed by atoms with E-state index in [1.165, 1.54) is 10.7 Å². The molecule has 0 aliphatic heterocycles. The molecule has 0 saturated heterocycles. The Balaban J connectivity index is 1.74. The van der Waals surface area contributed by atoms with Crippen LogP contribution < -0.4 is 10.6 Å². The standard InChI is InChI=1S/C22H32N4O4/c1-7-13(2)18(27)24-22-9-8-14(12-22)10-17(22)23-19(28)16-11-15(25-26(16)6)20(29)30-21(3,4)5/h7,11,14,17H,8-10,12H2,1-6H3,(H,23,28)(H,24,27)/b13-7+/t14-,17+,22+/m1/s1. The van der Waals surface area contributed by atoms with E-state index in [0.29, 0.717) is 11.5 Å². The lowest BCUT2D eigenvalue weighted by Gasteiger charge is -2.36. The van der Waals surface area contributed by atoms with Gasteiger partial charge < -0.3 is 15.4 Å². The van der Waals surface area contributed by atoms with Crippen LogP contribution in [0, 0.1) is 5.92 Å². The average molecular weight is 417 g/mol. The third-order valence-electron chi connectivity index (χ3n) is 6.07. The van der Waals surface area contributed by atoms with Gasteiger partial charge in [0.25, 0.3) is 5.91 Å². The predicted octanol–water partition coefficient (Wildman–Crippen LogP) is 2.50. The van der Waals surface area contributed by atoms with E-state index < -0.39 is 17.1 Å². The fourth-order valence-corrected chi connectivity index (χ4v) is 4.45. The number of nitrogens with one attached hydrogen (secondary N) is 2. The summed E-state index contributed by atoms with van der Waals surface area (Å²) in [6.07, 6.45) is 5.39. The largest absolute Gasteiger partial charge is 0.455 e. The van der Waals surface area contributed by atoms with Gasteiger partial charge in [0.05, 0.1) is 11.6 Å². The number of carbonyl (C=O) groups is 3. The van der Waals surface area contributed by atoms with E-state index in [1.54, 1.807) is 40.8 Å². The first-order chi connectivity index (χ1) is 13.9. The summed E-state index contributed by atoms with van der Waals surface area (Å²) in [4.78, 5) is 37.8. The number of allylic oxidation sites excluding steroid dienone is 1. The first kappa shape index (κ1) is 22.1. The number of fused-ring (bicyclic) bond motifs is 2. The monoisotopic (exact) mass is 416 g/mol. The Labute approximate surface area is 177 Å². The molecule has 2 saturated carbocycles. The van der Waals surface area contributed by atoms with Gasteiger partial charge in [-0.25, -0.2) is 4.79 Å². The van der Waals surface area contributed by atoms with Crippen LogP contribution in [-0.4, -0.2) is 44.7 Å². The van der Waals surface area contributed by atoms with Gasteiger partial charge in [0.2, 0.25) is 5.91 Å². The fourth-order valence-electron chi connectivity index (χ4n) is 4.45. The number of carbonyl (C=O) groups excluding carboxylic acids is 3. The molecule has 1 aromatic rings. The molecular weight excluding hydrogens is 384 g/mol. The van der Waals surface area contributed by atoms with Crippen molar-refractivity contribution in [3.63, 3.8) is 0 Å². The molecule has 2 aliphatic carbocycles. The smallest absolute Gasteiger partial charge is 0.359 e. The Bertz CT molecular complexity index is 895. The molecule has 2 fully saturated rings. The molecule has 2 aliphatic rings. The summed E-state index contributed by atoms with van der Waals surface area (Å²) in [6.45, 7) is 8.96. The molecule has 0 unspecified atom stereocenters. The quantitative estimate of drug-likeness (QED) is 0.567. The predicted molar refractivity (Wildman–Crippen MR) is 112 cm³/mol. The van der Waals surface area contributed by atoms with E-state index in [4.69, 9.17) is 4.74 Å². The second-order valence-electron chi connectivity index (χ2n) is 9.49. The maximum atomic E-state index is 13.0. The molecule has 164 valence electrons. The molecule has 1 heterocycles. The zero-order chi connectivity index (χ0) is 22.3. The van der Waals surface area contributed by atoms with Gasteiger partial charge in [-0.15, -0.1) is 0 Å². The van der Waals surface area contributed by atoms with E-state index in [1.807, 2.05) is 6.92 Å². The average Bonchev–Trinajstić information content (AvgIpc) is 3.31. The van der Waals surface area contributed by atoms with Gasteiger partial charge in [-0.1, -0.05) is 6.08 Å². The second kappa shape index (κ2) is 7.89. The van der Waals surface area contributed by atoms with Crippen LogP contribution >= 0.6 is 0 Å². The van der Waals surface area contributed by atoms with Gasteiger partial charge in [-0.2, -0.15) is 5.10 Å². The fraction of sp³-hybridized carbons (Fsp3) is 0.636. The number of esters is 1. The van der Waals surface area contributed by atoms with Crippen molar-refractivity contribution in [1.82, 2.24) is 20.4 Å². The number of rotatable bonds is 5. The van der Waals surface area contributed by atoms with Crippen molar-refractivity contribution in [1.29, 1.82) is 0 Å². The number of amides is 2. The van der Waals surface area contributed by atoms with Crippen LogP contribution in [-0.2, 0) is 16.6 Å². The van der Waals surface area contributed by atoms with Crippen molar-refractivity contribution < 1.29 is 19.1 Å². The minimum Gasteiger partial charge on any atom is -0.455 e. The lowest BCUT2D eigenvalue weighted by atomic mass is 9.87. The number of aryl methyl sites for hydroxylation is 1. The van der Waals surface area contributed by atoms with Crippen LogP contribution in [0.15, 0.2) is 17.7 Å². The van der Waals surface area contributed by atoms with Crippen molar-refractivity contribution in [2.24, 2.45) is 13.0 Å². The number of nitrogens with zero attached hydrogens (tertiary/aromatic N) is 2. The molecule has 30 heavy (non-hydrogen) atoms.